The SMILES string of the molecule is COc1cnc(-c2c(OC)ncnc2C2CC2)nc1N(C)CC12C3=C4C1C1C2C3C41c1nc(C(F)(F)F)cn1C. The lowest BCUT2D eigenvalue weighted by atomic mass is 8.98. The molecule has 40 heavy (non-hydrogen) atoms. The molecule has 0 saturated heterocycles. The van der Waals surface area contributed by atoms with Gasteiger partial charge in [-0.3, -0.25) is 0 Å². The highest BCUT2D eigenvalue weighted by atomic mass is 19.4. The van der Waals surface area contributed by atoms with Gasteiger partial charge in [0.1, 0.15) is 17.7 Å². The molecule has 7 aliphatic carbocycles. The number of ether oxygens (including phenoxy) is 2. The first-order valence-electron chi connectivity index (χ1n) is 13.6. The van der Waals surface area contributed by atoms with Crippen LogP contribution >= 0.6 is 0 Å². The van der Waals surface area contributed by atoms with Gasteiger partial charge in [-0.15, -0.1) is 0 Å². The normalized spacial score (nSPS) is 33.3. The molecule has 6 atom stereocenters. The van der Waals surface area contributed by atoms with Crippen LogP contribution in [-0.2, 0) is 18.6 Å². The van der Waals surface area contributed by atoms with Crippen LogP contribution in [0.5, 0.6) is 11.6 Å². The lowest BCUT2D eigenvalue weighted by molar-refractivity contribution is -0.408. The summed E-state index contributed by atoms with van der Waals surface area (Å²) in [6.45, 7) is 0.781. The minimum atomic E-state index is -4.43. The maximum absolute atomic E-state index is 13.3. The van der Waals surface area contributed by atoms with Gasteiger partial charge in [0.15, 0.2) is 23.1 Å². The van der Waals surface area contributed by atoms with Crippen molar-refractivity contribution in [2.24, 2.45) is 36.1 Å². The van der Waals surface area contributed by atoms with Crippen LogP contribution in [0.15, 0.2) is 29.9 Å². The minimum absolute atomic E-state index is 0.0992. The first-order chi connectivity index (χ1) is 19.2. The molecule has 10 rings (SSSR count). The lowest BCUT2D eigenvalue weighted by Crippen LogP contribution is -3.03. The zero-order valence-corrected chi connectivity index (χ0v) is 22.3. The fourth-order valence-electron chi connectivity index (χ4n) is 9.37. The van der Waals surface area contributed by atoms with E-state index >= 15 is 0 Å². The van der Waals surface area contributed by atoms with Gasteiger partial charge in [-0.2, -0.15) is 13.2 Å². The Morgan fingerprint density at radius 3 is 2.42 bits per heavy atom. The molecule has 3 aromatic rings. The number of methoxy groups -OCH3 is 2. The minimum Gasteiger partial charge on any atom is -0.491 e. The number of allylic oxidation sites excluding steroid dienone is 1. The molecule has 0 bridgehead atoms. The van der Waals surface area contributed by atoms with E-state index in [2.05, 4.69) is 24.8 Å². The Balaban J connectivity index is 1.03. The van der Waals surface area contributed by atoms with Crippen LogP contribution in [0.3, 0.4) is 0 Å². The first kappa shape index (κ1) is 23.0. The van der Waals surface area contributed by atoms with Crippen LogP contribution in [0.1, 0.15) is 36.0 Å². The highest BCUT2D eigenvalue weighted by Crippen LogP contribution is 3.06. The topological polar surface area (TPSA) is 91.1 Å². The summed E-state index contributed by atoms with van der Waals surface area (Å²) >= 11 is 0. The lowest BCUT2D eigenvalue weighted by Gasteiger charge is -3.04. The van der Waals surface area contributed by atoms with Gasteiger partial charge in [-0.1, -0.05) is 11.1 Å². The summed E-state index contributed by atoms with van der Waals surface area (Å²) in [6, 6.07) is 0. The van der Waals surface area contributed by atoms with Crippen molar-refractivity contribution in [1.82, 2.24) is 29.5 Å². The Bertz CT molecular complexity index is 1700. The van der Waals surface area contributed by atoms with Crippen molar-refractivity contribution in [3.05, 3.63) is 47.1 Å². The van der Waals surface area contributed by atoms with Crippen molar-refractivity contribution in [3.8, 4) is 23.0 Å². The number of aryl methyl sites for hydroxylation is 1. The number of anilines is 1. The third kappa shape index (κ3) is 2.21. The van der Waals surface area contributed by atoms with Gasteiger partial charge >= 0.3 is 6.18 Å². The maximum Gasteiger partial charge on any atom is 0.434 e. The smallest absolute Gasteiger partial charge is 0.434 e. The quantitative estimate of drug-likeness (QED) is 0.393. The highest BCUT2D eigenvalue weighted by Gasteiger charge is 3.05. The molecule has 0 amide bonds. The number of imidazole rings is 1. The van der Waals surface area contributed by atoms with Crippen molar-refractivity contribution >= 4 is 5.82 Å². The van der Waals surface area contributed by atoms with E-state index in [4.69, 9.17) is 14.5 Å². The number of alkyl halides is 3. The predicted octanol–water partition coefficient (Wildman–Crippen LogP) is 3.77. The van der Waals surface area contributed by atoms with E-state index in [1.165, 1.54) is 17.5 Å². The Labute approximate surface area is 227 Å². The molecule has 6 unspecified atom stereocenters. The molecule has 9 nitrogen and oxygen atoms in total. The fraction of sp³-hybridized carbons (Fsp3) is 0.536. The zero-order chi connectivity index (χ0) is 27.5. The third-order valence-electron chi connectivity index (χ3n) is 10.7. The summed E-state index contributed by atoms with van der Waals surface area (Å²) in [5, 5.41) is 0. The molecule has 0 aliphatic heterocycles. The summed E-state index contributed by atoms with van der Waals surface area (Å²) in [5.74, 6) is 4.84. The van der Waals surface area contributed by atoms with Gasteiger partial charge in [-0.05, 0) is 30.6 Å². The van der Waals surface area contributed by atoms with Crippen molar-refractivity contribution in [2.75, 3.05) is 32.7 Å². The van der Waals surface area contributed by atoms with Crippen LogP contribution in [0.2, 0.25) is 0 Å². The number of nitrogens with zero attached hydrogens (tertiary/aromatic N) is 7. The number of halogens is 3. The van der Waals surface area contributed by atoms with E-state index < -0.39 is 11.9 Å². The number of rotatable bonds is 8. The van der Waals surface area contributed by atoms with Crippen molar-refractivity contribution in [1.29, 1.82) is 0 Å². The van der Waals surface area contributed by atoms with E-state index in [0.717, 1.165) is 36.8 Å². The van der Waals surface area contributed by atoms with Crippen LogP contribution in [0.25, 0.3) is 11.4 Å². The Morgan fingerprint density at radius 1 is 1.05 bits per heavy atom. The summed E-state index contributed by atoms with van der Waals surface area (Å²) in [4.78, 5) is 24.6. The zero-order valence-electron chi connectivity index (χ0n) is 22.3. The number of aromatic nitrogens is 6. The van der Waals surface area contributed by atoms with Crippen LogP contribution in [0.4, 0.5) is 19.0 Å². The molecular weight excluding hydrogens is 523 g/mol. The van der Waals surface area contributed by atoms with E-state index in [0.29, 0.717) is 58.7 Å². The Morgan fingerprint density at radius 2 is 1.85 bits per heavy atom. The summed E-state index contributed by atoms with van der Waals surface area (Å²) in [5.41, 5.74) is 3.50. The van der Waals surface area contributed by atoms with Gasteiger partial charge in [0.05, 0.1) is 31.5 Å². The van der Waals surface area contributed by atoms with E-state index in [-0.39, 0.29) is 10.8 Å². The molecule has 0 radical (unpaired) electrons. The number of hydrogen-bond donors (Lipinski definition) is 0. The molecule has 0 aromatic carbocycles. The van der Waals surface area contributed by atoms with Gasteiger partial charge in [0.25, 0.3) is 0 Å². The molecule has 0 N–H and O–H groups in total. The second-order valence-corrected chi connectivity index (χ2v) is 12.2. The summed E-state index contributed by atoms with van der Waals surface area (Å²) in [7, 11) is 6.90. The average Bonchev–Trinajstić information content (AvgIpc) is 3.72. The molecule has 206 valence electrons. The Kier molecular flexibility index (Phi) is 3.90. The first-order valence-corrected chi connectivity index (χ1v) is 13.6. The summed E-state index contributed by atoms with van der Waals surface area (Å²) in [6.07, 6.45) is 2.05. The van der Waals surface area contributed by atoms with Crippen molar-refractivity contribution in [2.45, 2.75) is 30.4 Å². The van der Waals surface area contributed by atoms with Gasteiger partial charge < -0.3 is 18.9 Å². The fourth-order valence-corrected chi connectivity index (χ4v) is 9.37. The summed E-state index contributed by atoms with van der Waals surface area (Å²) < 4.78 is 52.9. The predicted molar refractivity (Wildman–Crippen MR) is 135 cm³/mol. The molecule has 12 heteroatoms. The van der Waals surface area contributed by atoms with E-state index in [9.17, 15) is 13.2 Å². The van der Waals surface area contributed by atoms with Crippen LogP contribution < -0.4 is 14.4 Å². The largest absolute Gasteiger partial charge is 0.491 e. The van der Waals surface area contributed by atoms with Crippen LogP contribution in [-0.4, -0.2) is 57.3 Å². The highest BCUT2D eigenvalue weighted by molar-refractivity contribution is 5.83. The third-order valence-corrected chi connectivity index (χ3v) is 10.7. The van der Waals surface area contributed by atoms with E-state index in [1.807, 2.05) is 7.05 Å². The van der Waals surface area contributed by atoms with Crippen molar-refractivity contribution in [3.63, 3.8) is 0 Å². The monoisotopic (exact) mass is 549 g/mol. The second-order valence-electron chi connectivity index (χ2n) is 12.2. The molecule has 5 fully saturated rings. The number of hydrogen-bond acceptors (Lipinski definition) is 8. The van der Waals surface area contributed by atoms with E-state index in [1.54, 1.807) is 32.0 Å². The molecule has 5 saturated carbocycles. The average molecular weight is 550 g/mol. The van der Waals surface area contributed by atoms with Gasteiger partial charge in [0.2, 0.25) is 5.88 Å². The molecule has 3 aromatic heterocycles. The van der Waals surface area contributed by atoms with Gasteiger partial charge in [-0.25, -0.2) is 24.9 Å². The van der Waals surface area contributed by atoms with Crippen LogP contribution in [0, 0.1) is 29.1 Å². The van der Waals surface area contributed by atoms with Crippen molar-refractivity contribution < 1.29 is 22.6 Å². The standard InChI is InChI=1S/C28H26F3N7O2/c1-37-8-13(28(29,30)31)35-25(37)27-18-15-19(27)17-20(27)16(18)26(15,17)9-38(2)23-12(39-3)7-32-22(36-23)14-21(11-5-6-11)33-10-34-24(14)40-4/h7-8,10-11,15-16,18-19H,5-6,9H2,1-4H3. The molecule has 0 spiro atoms. The second kappa shape index (κ2) is 6.77. The molecular formula is C28H26F3N7O2. The van der Waals surface area contributed by atoms with Gasteiger partial charge in [0, 0.05) is 44.1 Å². The maximum atomic E-state index is 13.3. The molecule has 3 heterocycles. The Hall–Kier alpha value is -3.70. The molecule has 7 aliphatic rings.